The van der Waals surface area contributed by atoms with Crippen molar-refractivity contribution in [1.82, 2.24) is 5.32 Å². The lowest BCUT2D eigenvalue weighted by Crippen LogP contribution is -2.43. The molecule has 0 atom stereocenters. The molecular formula is C15H20ClNO4. The zero-order chi connectivity index (χ0) is 15.9. The molecule has 0 aromatic heterocycles. The summed E-state index contributed by atoms with van der Waals surface area (Å²) in [6.07, 6.45) is 0.911. The zero-order valence-corrected chi connectivity index (χ0v) is 12.9. The van der Waals surface area contributed by atoms with Crippen LogP contribution < -0.4 is 10.1 Å². The van der Waals surface area contributed by atoms with E-state index in [1.54, 1.807) is 38.1 Å². The number of ether oxygens (including phenoxy) is 1. The summed E-state index contributed by atoms with van der Waals surface area (Å²) in [5.74, 6) is -0.714. The Hall–Kier alpha value is -1.75. The molecule has 0 aliphatic heterocycles. The van der Waals surface area contributed by atoms with E-state index in [0.29, 0.717) is 23.6 Å². The molecule has 0 spiro atoms. The van der Waals surface area contributed by atoms with E-state index >= 15 is 0 Å². The maximum absolute atomic E-state index is 11.7. The Morgan fingerprint density at radius 3 is 2.29 bits per heavy atom. The summed E-state index contributed by atoms with van der Waals surface area (Å²) in [4.78, 5) is 23.0. The van der Waals surface area contributed by atoms with Crippen molar-refractivity contribution in [3.8, 4) is 5.75 Å². The minimum atomic E-state index is -0.921. The summed E-state index contributed by atoms with van der Waals surface area (Å²) in [7, 11) is 0. The molecule has 1 aromatic carbocycles. The molecule has 0 heterocycles. The molecule has 0 saturated heterocycles. The van der Waals surface area contributed by atoms with Crippen LogP contribution in [0.1, 0.15) is 26.7 Å². The third-order valence-corrected chi connectivity index (χ3v) is 3.87. The molecule has 1 amide bonds. The predicted molar refractivity (Wildman–Crippen MR) is 80.6 cm³/mol. The van der Waals surface area contributed by atoms with Gasteiger partial charge in [0.1, 0.15) is 5.75 Å². The van der Waals surface area contributed by atoms with Gasteiger partial charge in [0.15, 0.2) is 6.61 Å². The number of aliphatic carboxylic acids is 1. The zero-order valence-electron chi connectivity index (χ0n) is 12.2. The Morgan fingerprint density at radius 1 is 1.24 bits per heavy atom. The van der Waals surface area contributed by atoms with E-state index in [4.69, 9.17) is 16.3 Å². The van der Waals surface area contributed by atoms with Crippen LogP contribution in [0.3, 0.4) is 0 Å². The molecule has 0 aliphatic rings. The van der Waals surface area contributed by atoms with Crippen molar-refractivity contribution in [1.29, 1.82) is 0 Å². The number of halogens is 1. The van der Waals surface area contributed by atoms with Crippen LogP contribution in [0.2, 0.25) is 5.02 Å². The summed E-state index contributed by atoms with van der Waals surface area (Å²) in [6, 6.07) is 6.65. The highest BCUT2D eigenvalue weighted by atomic mass is 35.5. The third-order valence-electron chi connectivity index (χ3n) is 3.61. The van der Waals surface area contributed by atoms with Crippen molar-refractivity contribution in [3.63, 3.8) is 0 Å². The summed E-state index contributed by atoms with van der Waals surface area (Å²) >= 11 is 5.75. The van der Waals surface area contributed by atoms with Gasteiger partial charge in [0.2, 0.25) is 0 Å². The molecule has 0 bridgehead atoms. The average Bonchev–Trinajstić information content (AvgIpc) is 2.48. The van der Waals surface area contributed by atoms with Crippen molar-refractivity contribution in [2.24, 2.45) is 5.41 Å². The van der Waals surface area contributed by atoms with Gasteiger partial charge in [-0.2, -0.15) is 0 Å². The molecule has 0 radical (unpaired) electrons. The second-order valence-electron chi connectivity index (χ2n) is 4.81. The minimum Gasteiger partial charge on any atom is -0.484 e. The molecule has 6 heteroatoms. The van der Waals surface area contributed by atoms with Crippen molar-refractivity contribution < 1.29 is 19.4 Å². The SMILES string of the molecule is CCC(CC)(CNC(=O)COc1ccc(Cl)cc1)C(=O)O. The van der Waals surface area contributed by atoms with Gasteiger partial charge in [0, 0.05) is 11.6 Å². The first-order chi connectivity index (χ1) is 9.93. The fraction of sp³-hybridized carbons (Fsp3) is 0.467. The molecular weight excluding hydrogens is 294 g/mol. The van der Waals surface area contributed by atoms with Gasteiger partial charge < -0.3 is 15.2 Å². The third kappa shape index (κ3) is 4.93. The summed E-state index contributed by atoms with van der Waals surface area (Å²) in [5.41, 5.74) is -0.921. The number of nitrogens with one attached hydrogen (secondary N) is 1. The quantitative estimate of drug-likeness (QED) is 0.773. The van der Waals surface area contributed by atoms with E-state index in [0.717, 1.165) is 0 Å². The first kappa shape index (κ1) is 17.3. The van der Waals surface area contributed by atoms with Crippen LogP contribution >= 0.6 is 11.6 Å². The van der Waals surface area contributed by atoms with E-state index in [1.165, 1.54) is 0 Å². The average molecular weight is 314 g/mol. The van der Waals surface area contributed by atoms with Crippen LogP contribution in [0.5, 0.6) is 5.75 Å². The maximum Gasteiger partial charge on any atom is 0.311 e. The lowest BCUT2D eigenvalue weighted by Gasteiger charge is -2.26. The highest BCUT2D eigenvalue weighted by Crippen LogP contribution is 2.25. The number of rotatable bonds is 8. The molecule has 21 heavy (non-hydrogen) atoms. The number of hydrogen-bond donors (Lipinski definition) is 2. The van der Waals surface area contributed by atoms with Gasteiger partial charge in [-0.05, 0) is 37.1 Å². The van der Waals surface area contributed by atoms with Crippen molar-refractivity contribution >= 4 is 23.5 Å². The Kier molecular flexibility index (Phi) is 6.49. The van der Waals surface area contributed by atoms with E-state index in [-0.39, 0.29) is 19.1 Å². The number of hydrogen-bond acceptors (Lipinski definition) is 3. The number of carboxylic acid groups (broad SMARTS) is 1. The second-order valence-corrected chi connectivity index (χ2v) is 5.25. The monoisotopic (exact) mass is 313 g/mol. The summed E-state index contributed by atoms with van der Waals surface area (Å²) in [6.45, 7) is 3.53. The molecule has 0 aliphatic carbocycles. The first-order valence-corrected chi connectivity index (χ1v) is 7.19. The highest BCUT2D eigenvalue weighted by Gasteiger charge is 2.35. The Morgan fingerprint density at radius 2 is 1.81 bits per heavy atom. The normalized spacial score (nSPS) is 11.0. The van der Waals surface area contributed by atoms with Gasteiger partial charge in [-0.15, -0.1) is 0 Å². The van der Waals surface area contributed by atoms with Gasteiger partial charge in [0.05, 0.1) is 5.41 Å². The van der Waals surface area contributed by atoms with Gasteiger partial charge >= 0.3 is 5.97 Å². The molecule has 0 unspecified atom stereocenters. The van der Waals surface area contributed by atoms with Crippen LogP contribution in [-0.4, -0.2) is 30.1 Å². The fourth-order valence-corrected chi connectivity index (χ4v) is 2.00. The van der Waals surface area contributed by atoms with Crippen LogP contribution in [0.15, 0.2) is 24.3 Å². The van der Waals surface area contributed by atoms with Crippen molar-refractivity contribution in [3.05, 3.63) is 29.3 Å². The van der Waals surface area contributed by atoms with E-state index in [2.05, 4.69) is 5.32 Å². The van der Waals surface area contributed by atoms with E-state index in [1.807, 2.05) is 0 Å². The second kappa shape index (κ2) is 7.88. The molecule has 5 nitrogen and oxygen atoms in total. The minimum absolute atomic E-state index is 0.0954. The van der Waals surface area contributed by atoms with Gasteiger partial charge in [-0.1, -0.05) is 25.4 Å². The van der Waals surface area contributed by atoms with Crippen LogP contribution in [0.4, 0.5) is 0 Å². The van der Waals surface area contributed by atoms with Gasteiger partial charge in [-0.3, -0.25) is 9.59 Å². The smallest absolute Gasteiger partial charge is 0.311 e. The number of carbonyl (C=O) groups is 2. The molecule has 0 saturated carbocycles. The van der Waals surface area contributed by atoms with Crippen molar-refractivity contribution in [2.45, 2.75) is 26.7 Å². The first-order valence-electron chi connectivity index (χ1n) is 6.82. The van der Waals surface area contributed by atoms with Gasteiger partial charge in [-0.25, -0.2) is 0 Å². The number of amides is 1. The highest BCUT2D eigenvalue weighted by molar-refractivity contribution is 6.30. The van der Waals surface area contributed by atoms with E-state index < -0.39 is 11.4 Å². The predicted octanol–water partition coefficient (Wildman–Crippen LogP) is 2.73. The fourth-order valence-electron chi connectivity index (χ4n) is 1.88. The topological polar surface area (TPSA) is 75.6 Å². The summed E-state index contributed by atoms with van der Waals surface area (Å²) < 4.78 is 5.30. The molecule has 1 rings (SSSR count). The lowest BCUT2D eigenvalue weighted by atomic mass is 9.82. The van der Waals surface area contributed by atoms with Crippen LogP contribution in [-0.2, 0) is 9.59 Å². The number of carboxylic acids is 1. The number of carbonyl (C=O) groups excluding carboxylic acids is 1. The summed E-state index contributed by atoms with van der Waals surface area (Å²) in [5, 5.41) is 12.5. The Balaban J connectivity index is 2.46. The largest absolute Gasteiger partial charge is 0.484 e. The van der Waals surface area contributed by atoms with Gasteiger partial charge in [0.25, 0.3) is 5.91 Å². The number of benzene rings is 1. The Bertz CT molecular complexity index is 483. The molecule has 2 N–H and O–H groups in total. The molecule has 116 valence electrons. The molecule has 1 aromatic rings. The van der Waals surface area contributed by atoms with Crippen molar-refractivity contribution in [2.75, 3.05) is 13.2 Å². The Labute approximate surface area is 129 Å². The lowest BCUT2D eigenvalue weighted by molar-refractivity contribution is -0.149. The standard InChI is InChI=1S/C15H20ClNO4/c1-3-15(4-2,14(19)20)10-17-13(18)9-21-12-7-5-11(16)6-8-12/h5-8H,3-4,9-10H2,1-2H3,(H,17,18)(H,19,20). The maximum atomic E-state index is 11.7. The van der Waals surface area contributed by atoms with Crippen LogP contribution in [0.25, 0.3) is 0 Å². The van der Waals surface area contributed by atoms with E-state index in [9.17, 15) is 14.7 Å². The van der Waals surface area contributed by atoms with Crippen LogP contribution in [0, 0.1) is 5.41 Å². The molecule has 0 fully saturated rings.